The van der Waals surface area contributed by atoms with Crippen LogP contribution < -0.4 is 0 Å². The summed E-state index contributed by atoms with van der Waals surface area (Å²) in [7, 11) is 0. The third-order valence-corrected chi connectivity index (χ3v) is 6.38. The van der Waals surface area contributed by atoms with Gasteiger partial charge in [0.1, 0.15) is 17.2 Å². The molecule has 2 aliphatic heterocycles. The van der Waals surface area contributed by atoms with Crippen molar-refractivity contribution in [3.8, 4) is 0 Å². The van der Waals surface area contributed by atoms with E-state index in [1.54, 1.807) is 0 Å². The molecule has 1 unspecified atom stereocenters. The summed E-state index contributed by atoms with van der Waals surface area (Å²) in [6, 6.07) is 2.90. The molecule has 34 heavy (non-hydrogen) atoms. The number of carbonyl (C=O) groups is 1. The van der Waals surface area contributed by atoms with Gasteiger partial charge in [0.05, 0.1) is 11.8 Å². The number of halogens is 2. The van der Waals surface area contributed by atoms with Crippen LogP contribution in [0.4, 0.5) is 8.78 Å². The predicted molar refractivity (Wildman–Crippen MR) is 133 cm³/mol. The van der Waals surface area contributed by atoms with Crippen molar-refractivity contribution in [1.82, 2.24) is 14.8 Å². The van der Waals surface area contributed by atoms with E-state index in [1.165, 1.54) is 5.01 Å². The minimum absolute atomic E-state index is 0.0846. The molecule has 5 nitrogen and oxygen atoms in total. The number of piperazine rings is 1. The fraction of sp³-hybridized carbons (Fsp3) is 0.407. The average molecular weight is 469 g/mol. The van der Waals surface area contributed by atoms with E-state index < -0.39 is 23.2 Å². The Hall–Kier alpha value is -3.06. The molecule has 4 rings (SSSR count). The van der Waals surface area contributed by atoms with Crippen LogP contribution >= 0.6 is 0 Å². The highest BCUT2D eigenvalue weighted by molar-refractivity contribution is 6.05. The fourth-order valence-electron chi connectivity index (χ4n) is 4.43. The van der Waals surface area contributed by atoms with Gasteiger partial charge in [-0.15, -0.1) is 0 Å². The van der Waals surface area contributed by atoms with Crippen molar-refractivity contribution in [2.75, 3.05) is 26.2 Å². The van der Waals surface area contributed by atoms with Crippen LogP contribution in [0.25, 0.3) is 0 Å². The van der Waals surface area contributed by atoms with Crippen LogP contribution in [0.3, 0.4) is 0 Å². The van der Waals surface area contributed by atoms with E-state index in [1.807, 2.05) is 64.2 Å². The van der Waals surface area contributed by atoms with E-state index in [0.29, 0.717) is 5.71 Å². The van der Waals surface area contributed by atoms with Crippen molar-refractivity contribution >= 4 is 11.6 Å². The Balaban J connectivity index is 0.00000158. The molecule has 0 aromatic heterocycles. The highest BCUT2D eigenvalue weighted by Crippen LogP contribution is 2.35. The first-order chi connectivity index (χ1) is 16.3. The topological polar surface area (TPSA) is 39.1 Å². The first-order valence-electron chi connectivity index (χ1n) is 11.9. The largest absolute Gasteiger partial charge is 0.373 e. The summed E-state index contributed by atoms with van der Waals surface area (Å²) in [5.74, 6) is -1.27. The van der Waals surface area contributed by atoms with Gasteiger partial charge >= 0.3 is 0 Å². The highest BCUT2D eigenvalue weighted by Gasteiger charge is 2.45. The smallest absolute Gasteiger partial charge is 0.260 e. The summed E-state index contributed by atoms with van der Waals surface area (Å²) in [6.07, 6.45) is 11.5. The zero-order valence-corrected chi connectivity index (χ0v) is 20.5. The zero-order valence-electron chi connectivity index (χ0n) is 20.5. The van der Waals surface area contributed by atoms with E-state index >= 15 is 0 Å². The fourth-order valence-corrected chi connectivity index (χ4v) is 4.43. The molecule has 0 bridgehead atoms. The molecule has 182 valence electrons. The van der Waals surface area contributed by atoms with Gasteiger partial charge in [-0.1, -0.05) is 56.9 Å². The minimum atomic E-state index is -0.859. The Bertz CT molecular complexity index is 1020. The molecule has 0 N–H and O–H groups in total. The molecule has 1 spiro atoms. The number of carbonyl (C=O) groups excluding carboxylic acids is 1. The Kier molecular flexibility index (Phi) is 8.20. The van der Waals surface area contributed by atoms with E-state index in [2.05, 4.69) is 21.5 Å². The van der Waals surface area contributed by atoms with Gasteiger partial charge in [0.2, 0.25) is 0 Å². The maximum atomic E-state index is 14.5. The van der Waals surface area contributed by atoms with Crippen molar-refractivity contribution in [3.05, 3.63) is 84.1 Å². The summed E-state index contributed by atoms with van der Waals surface area (Å²) in [4.78, 5) is 18.0. The van der Waals surface area contributed by atoms with Crippen LogP contribution in [0.15, 0.2) is 72.0 Å². The molecule has 7 heteroatoms. The van der Waals surface area contributed by atoms with E-state index in [0.717, 1.165) is 50.1 Å². The van der Waals surface area contributed by atoms with E-state index in [4.69, 9.17) is 0 Å². The lowest BCUT2D eigenvalue weighted by Gasteiger charge is -2.40. The molecule has 1 atom stereocenters. The first kappa shape index (κ1) is 25.6. The normalized spacial score (nSPS) is 20.0. The number of hydrogen-bond donors (Lipinski definition) is 0. The Morgan fingerprint density at radius 3 is 2.26 bits per heavy atom. The number of amides is 1. The van der Waals surface area contributed by atoms with Crippen LogP contribution in [-0.4, -0.2) is 64.2 Å². The first-order valence-corrected chi connectivity index (χ1v) is 11.9. The predicted octanol–water partition coefficient (Wildman–Crippen LogP) is 4.89. The summed E-state index contributed by atoms with van der Waals surface area (Å²) < 4.78 is 28.4. The molecule has 1 aliphatic carbocycles. The maximum absolute atomic E-state index is 14.5. The monoisotopic (exact) mass is 468 g/mol. The van der Waals surface area contributed by atoms with Crippen LogP contribution in [0.2, 0.25) is 0 Å². The van der Waals surface area contributed by atoms with Crippen molar-refractivity contribution in [2.24, 2.45) is 5.10 Å². The molecule has 1 amide bonds. The van der Waals surface area contributed by atoms with Crippen molar-refractivity contribution in [1.29, 1.82) is 0 Å². The lowest BCUT2D eigenvalue weighted by Crippen LogP contribution is -2.56. The zero-order chi connectivity index (χ0) is 24.9. The van der Waals surface area contributed by atoms with Gasteiger partial charge in [-0.25, -0.2) is 13.8 Å². The maximum Gasteiger partial charge on any atom is 0.260 e. The molecular formula is C27H34F2N4O. The molecule has 0 saturated carbocycles. The van der Waals surface area contributed by atoms with Crippen molar-refractivity contribution in [2.45, 2.75) is 45.7 Å². The lowest BCUT2D eigenvalue weighted by atomic mass is 9.89. The van der Waals surface area contributed by atoms with Gasteiger partial charge in [0.25, 0.3) is 5.91 Å². The van der Waals surface area contributed by atoms with Crippen molar-refractivity contribution in [3.63, 3.8) is 0 Å². The van der Waals surface area contributed by atoms with Crippen LogP contribution in [0.1, 0.15) is 39.7 Å². The highest BCUT2D eigenvalue weighted by atomic mass is 19.1. The number of hydrogen-bond acceptors (Lipinski definition) is 4. The number of rotatable bonds is 4. The van der Waals surface area contributed by atoms with Crippen LogP contribution in [0.5, 0.6) is 0 Å². The van der Waals surface area contributed by atoms with Crippen molar-refractivity contribution < 1.29 is 13.6 Å². The Morgan fingerprint density at radius 1 is 1.06 bits per heavy atom. The third-order valence-electron chi connectivity index (χ3n) is 6.38. The number of hydrazone groups is 1. The van der Waals surface area contributed by atoms with Gasteiger partial charge in [0.15, 0.2) is 0 Å². The molecule has 1 aromatic carbocycles. The Labute approximate surface area is 201 Å². The second-order valence-corrected chi connectivity index (χ2v) is 8.53. The van der Waals surface area contributed by atoms with Crippen LogP contribution in [-0.2, 0) is 4.79 Å². The average Bonchev–Trinajstić information content (AvgIpc) is 3.05. The van der Waals surface area contributed by atoms with Gasteiger partial charge in [-0.05, 0) is 32.0 Å². The lowest BCUT2D eigenvalue weighted by molar-refractivity contribution is -0.139. The van der Waals surface area contributed by atoms with Gasteiger partial charge in [-0.2, -0.15) is 5.10 Å². The Morgan fingerprint density at radius 2 is 1.68 bits per heavy atom. The van der Waals surface area contributed by atoms with E-state index in [9.17, 15) is 13.6 Å². The van der Waals surface area contributed by atoms with Gasteiger partial charge in [0, 0.05) is 43.9 Å². The third kappa shape index (κ3) is 5.20. The number of benzene rings is 1. The summed E-state index contributed by atoms with van der Waals surface area (Å²) in [5.41, 5.74) is 0.601. The summed E-state index contributed by atoms with van der Waals surface area (Å²) in [6.45, 7) is 15.0. The molecule has 3 aliphatic rings. The molecule has 1 fully saturated rings. The molecule has 1 aromatic rings. The SMILES string of the molecule is C=C(C)N1CCN(C(C)C(=O)N2N=C(c3cc(F)ccc3F)CC23C=CC=CC=C3)CC1.CC. The second kappa shape index (κ2) is 10.9. The summed E-state index contributed by atoms with van der Waals surface area (Å²) in [5, 5.41) is 6.00. The molecule has 2 heterocycles. The van der Waals surface area contributed by atoms with Crippen LogP contribution in [0, 0.1) is 11.6 Å². The molecule has 1 saturated heterocycles. The van der Waals surface area contributed by atoms with Gasteiger partial charge in [-0.3, -0.25) is 9.69 Å². The quantitative estimate of drug-likeness (QED) is 0.632. The van der Waals surface area contributed by atoms with Gasteiger partial charge < -0.3 is 4.90 Å². The van der Waals surface area contributed by atoms with E-state index in [-0.39, 0.29) is 17.9 Å². The molecular weight excluding hydrogens is 434 g/mol. The second-order valence-electron chi connectivity index (χ2n) is 8.53. The standard InChI is InChI=1S/C25H28F2N4O.C2H6/c1-18(2)29-12-14-30(15-13-29)19(3)24(32)31-25(10-6-4-5-7-11-25)17-23(28-31)21-16-20(26)8-9-22(21)27;1-2/h4-11,16,19H,1,12-15,17H2,2-3H3;1-2H3. The number of nitrogens with zero attached hydrogens (tertiary/aromatic N) is 4. The summed E-state index contributed by atoms with van der Waals surface area (Å²) >= 11 is 0. The minimum Gasteiger partial charge on any atom is -0.373 e. The molecule has 0 radical (unpaired) electrons. The number of allylic oxidation sites excluding steroid dienone is 5.